The molecule has 2 aromatic rings. The zero-order chi connectivity index (χ0) is 11.2. The predicted octanol–water partition coefficient (Wildman–Crippen LogP) is 2.45. The second kappa shape index (κ2) is 5.46. The van der Waals surface area contributed by atoms with Crippen molar-refractivity contribution >= 4 is 17.6 Å². The summed E-state index contributed by atoms with van der Waals surface area (Å²) in [4.78, 5) is 12.8. The van der Waals surface area contributed by atoms with Gasteiger partial charge in [0.05, 0.1) is 12.4 Å². The molecular weight excluding hydrogens is 220 g/mol. The maximum atomic E-state index is 4.41. The van der Waals surface area contributed by atoms with Gasteiger partial charge in [0.1, 0.15) is 15.9 Å². The summed E-state index contributed by atoms with van der Waals surface area (Å²) in [5.74, 6) is 0.795. The second-order valence-electron chi connectivity index (χ2n) is 3.04. The standard InChI is InChI=1S/C11H12N4S/c1-2-13-9-7-12-8-11(15-9)16-10-5-3-4-6-14-10/h3-8H,2H2,1H3,(H,13,15). The maximum Gasteiger partial charge on any atom is 0.145 e. The summed E-state index contributed by atoms with van der Waals surface area (Å²) >= 11 is 1.50. The first-order chi connectivity index (χ1) is 7.88. The van der Waals surface area contributed by atoms with Crippen molar-refractivity contribution in [3.63, 3.8) is 0 Å². The summed E-state index contributed by atoms with van der Waals surface area (Å²) in [5, 5.41) is 4.89. The van der Waals surface area contributed by atoms with Gasteiger partial charge in [0.2, 0.25) is 0 Å². The van der Waals surface area contributed by atoms with Crippen molar-refractivity contribution in [1.29, 1.82) is 0 Å². The van der Waals surface area contributed by atoms with Crippen LogP contribution in [0.4, 0.5) is 5.82 Å². The molecule has 16 heavy (non-hydrogen) atoms. The molecule has 0 aliphatic carbocycles. The van der Waals surface area contributed by atoms with Crippen molar-refractivity contribution in [3.05, 3.63) is 36.8 Å². The normalized spacial score (nSPS) is 10.1. The second-order valence-corrected chi connectivity index (χ2v) is 4.08. The lowest BCUT2D eigenvalue weighted by Gasteiger charge is -2.03. The molecule has 0 fully saturated rings. The van der Waals surface area contributed by atoms with Gasteiger partial charge < -0.3 is 5.32 Å². The van der Waals surface area contributed by atoms with Crippen LogP contribution in [-0.4, -0.2) is 21.5 Å². The highest BCUT2D eigenvalue weighted by atomic mass is 32.2. The van der Waals surface area contributed by atoms with E-state index in [9.17, 15) is 0 Å². The first kappa shape index (κ1) is 10.9. The van der Waals surface area contributed by atoms with Crippen molar-refractivity contribution in [2.45, 2.75) is 17.0 Å². The van der Waals surface area contributed by atoms with Crippen molar-refractivity contribution < 1.29 is 0 Å². The highest BCUT2D eigenvalue weighted by molar-refractivity contribution is 7.99. The van der Waals surface area contributed by atoms with Crippen molar-refractivity contribution in [2.24, 2.45) is 0 Å². The number of nitrogens with zero attached hydrogens (tertiary/aromatic N) is 3. The van der Waals surface area contributed by atoms with Gasteiger partial charge in [0, 0.05) is 12.7 Å². The molecule has 4 nitrogen and oxygen atoms in total. The smallest absolute Gasteiger partial charge is 0.145 e. The largest absolute Gasteiger partial charge is 0.369 e. The molecule has 0 aromatic carbocycles. The first-order valence-corrected chi connectivity index (χ1v) is 5.85. The van der Waals surface area contributed by atoms with Crippen LogP contribution in [0.3, 0.4) is 0 Å². The Hall–Kier alpha value is -1.62. The molecule has 0 saturated heterocycles. The summed E-state index contributed by atoms with van der Waals surface area (Å²) < 4.78 is 0. The maximum absolute atomic E-state index is 4.41. The molecule has 2 heterocycles. The van der Waals surface area contributed by atoms with E-state index >= 15 is 0 Å². The van der Waals surface area contributed by atoms with E-state index in [1.807, 2.05) is 25.1 Å². The van der Waals surface area contributed by atoms with Crippen LogP contribution in [0.2, 0.25) is 0 Å². The summed E-state index contributed by atoms with van der Waals surface area (Å²) in [7, 11) is 0. The van der Waals surface area contributed by atoms with E-state index < -0.39 is 0 Å². The van der Waals surface area contributed by atoms with Gasteiger partial charge >= 0.3 is 0 Å². The third-order valence-corrected chi connectivity index (χ3v) is 2.67. The van der Waals surface area contributed by atoms with Gasteiger partial charge in [-0.2, -0.15) is 0 Å². The number of anilines is 1. The van der Waals surface area contributed by atoms with Gasteiger partial charge in [-0.05, 0) is 30.8 Å². The van der Waals surface area contributed by atoms with Gasteiger partial charge in [0.15, 0.2) is 0 Å². The minimum Gasteiger partial charge on any atom is -0.369 e. The van der Waals surface area contributed by atoms with Crippen LogP contribution >= 0.6 is 11.8 Å². The van der Waals surface area contributed by atoms with Crippen LogP contribution in [0.5, 0.6) is 0 Å². The van der Waals surface area contributed by atoms with E-state index in [-0.39, 0.29) is 0 Å². The third-order valence-electron chi connectivity index (χ3n) is 1.82. The summed E-state index contributed by atoms with van der Waals surface area (Å²) in [5.41, 5.74) is 0. The Morgan fingerprint density at radius 1 is 1.25 bits per heavy atom. The zero-order valence-electron chi connectivity index (χ0n) is 8.92. The average Bonchev–Trinajstić information content (AvgIpc) is 2.31. The first-order valence-electron chi connectivity index (χ1n) is 5.03. The quantitative estimate of drug-likeness (QED) is 0.877. The van der Waals surface area contributed by atoms with E-state index in [4.69, 9.17) is 0 Å². The minimum absolute atomic E-state index is 0.795. The molecule has 0 atom stereocenters. The number of aromatic nitrogens is 3. The molecule has 5 heteroatoms. The Balaban J connectivity index is 2.12. The van der Waals surface area contributed by atoms with Crippen molar-refractivity contribution in [3.8, 4) is 0 Å². The lowest BCUT2D eigenvalue weighted by atomic mass is 10.5. The summed E-state index contributed by atoms with van der Waals surface area (Å²) in [6, 6.07) is 5.80. The Labute approximate surface area is 98.6 Å². The highest BCUT2D eigenvalue weighted by Crippen LogP contribution is 2.23. The molecule has 0 saturated carbocycles. The Kier molecular flexibility index (Phi) is 3.71. The Bertz CT molecular complexity index is 447. The lowest BCUT2D eigenvalue weighted by Crippen LogP contribution is -2.00. The predicted molar refractivity (Wildman–Crippen MR) is 64.6 cm³/mol. The number of pyridine rings is 1. The lowest BCUT2D eigenvalue weighted by molar-refractivity contribution is 1.02. The molecule has 0 radical (unpaired) electrons. The van der Waals surface area contributed by atoms with E-state index in [0.29, 0.717) is 0 Å². The molecule has 0 aliphatic heterocycles. The number of hydrogen-bond acceptors (Lipinski definition) is 5. The van der Waals surface area contributed by atoms with Crippen LogP contribution in [0, 0.1) is 0 Å². The topological polar surface area (TPSA) is 50.7 Å². The van der Waals surface area contributed by atoms with Crippen LogP contribution < -0.4 is 5.32 Å². The van der Waals surface area contributed by atoms with E-state index in [0.717, 1.165) is 22.4 Å². The Morgan fingerprint density at radius 3 is 2.94 bits per heavy atom. The van der Waals surface area contributed by atoms with E-state index in [2.05, 4.69) is 20.3 Å². The van der Waals surface area contributed by atoms with E-state index in [1.54, 1.807) is 18.6 Å². The molecule has 1 N–H and O–H groups in total. The zero-order valence-corrected chi connectivity index (χ0v) is 9.74. The summed E-state index contributed by atoms with van der Waals surface area (Å²) in [6.07, 6.45) is 5.22. The fourth-order valence-electron chi connectivity index (χ4n) is 1.18. The van der Waals surface area contributed by atoms with Crippen LogP contribution in [-0.2, 0) is 0 Å². The molecule has 0 aliphatic rings. The fraction of sp³-hybridized carbons (Fsp3) is 0.182. The van der Waals surface area contributed by atoms with Crippen molar-refractivity contribution in [2.75, 3.05) is 11.9 Å². The van der Waals surface area contributed by atoms with Crippen molar-refractivity contribution in [1.82, 2.24) is 15.0 Å². The molecule has 0 bridgehead atoms. The molecule has 82 valence electrons. The molecule has 0 unspecified atom stereocenters. The van der Waals surface area contributed by atoms with Gasteiger partial charge in [0.25, 0.3) is 0 Å². The van der Waals surface area contributed by atoms with Crippen LogP contribution in [0.25, 0.3) is 0 Å². The number of hydrogen-bond donors (Lipinski definition) is 1. The van der Waals surface area contributed by atoms with E-state index in [1.165, 1.54) is 11.8 Å². The molecular formula is C11H12N4S. The third kappa shape index (κ3) is 2.93. The van der Waals surface area contributed by atoms with Gasteiger partial charge in [-0.25, -0.2) is 9.97 Å². The van der Waals surface area contributed by atoms with Gasteiger partial charge in [-0.1, -0.05) is 6.07 Å². The monoisotopic (exact) mass is 232 g/mol. The molecule has 2 rings (SSSR count). The SMILES string of the molecule is CCNc1cncc(Sc2ccccn2)n1. The molecule has 0 spiro atoms. The van der Waals surface area contributed by atoms with Crippen LogP contribution in [0.1, 0.15) is 6.92 Å². The Morgan fingerprint density at radius 2 is 2.19 bits per heavy atom. The van der Waals surface area contributed by atoms with Gasteiger partial charge in [-0.3, -0.25) is 4.98 Å². The summed E-state index contributed by atoms with van der Waals surface area (Å²) in [6.45, 7) is 2.87. The number of nitrogens with one attached hydrogen (secondary N) is 1. The average molecular weight is 232 g/mol. The fourth-order valence-corrected chi connectivity index (χ4v) is 1.91. The van der Waals surface area contributed by atoms with Gasteiger partial charge in [-0.15, -0.1) is 0 Å². The number of rotatable bonds is 4. The minimum atomic E-state index is 0.795. The molecule has 0 amide bonds. The molecule has 2 aromatic heterocycles. The van der Waals surface area contributed by atoms with Crippen LogP contribution in [0.15, 0.2) is 46.8 Å². The highest BCUT2D eigenvalue weighted by Gasteiger charge is 2.01.